The summed E-state index contributed by atoms with van der Waals surface area (Å²) in [6.45, 7) is 3.13. The van der Waals surface area contributed by atoms with E-state index in [9.17, 15) is 4.79 Å². The summed E-state index contributed by atoms with van der Waals surface area (Å²) in [7, 11) is 3.64. The van der Waals surface area contributed by atoms with E-state index >= 15 is 0 Å². The standard InChI is InChI=1S/C13H24N6OS/c1-16-5-8-18(2)12(20)10-11(15)17-13(21-10)19-6-3-9(14)4-7-19/h9,16H,3-8,14-15H2,1-2H3. The summed E-state index contributed by atoms with van der Waals surface area (Å²) < 4.78 is 0. The molecule has 5 N–H and O–H groups in total. The number of carbonyl (C=O) groups excluding carboxylic acids is 1. The van der Waals surface area contributed by atoms with Gasteiger partial charge in [-0.2, -0.15) is 0 Å². The van der Waals surface area contributed by atoms with Gasteiger partial charge in [-0.1, -0.05) is 11.3 Å². The summed E-state index contributed by atoms with van der Waals surface area (Å²) in [6.07, 6.45) is 1.90. The molecular weight excluding hydrogens is 288 g/mol. The highest BCUT2D eigenvalue weighted by Crippen LogP contribution is 2.30. The van der Waals surface area contributed by atoms with Crippen LogP contribution in [0, 0.1) is 0 Å². The highest BCUT2D eigenvalue weighted by Gasteiger charge is 2.24. The molecule has 0 unspecified atom stereocenters. The first kappa shape index (κ1) is 16.0. The zero-order valence-electron chi connectivity index (χ0n) is 12.6. The van der Waals surface area contributed by atoms with Crippen molar-refractivity contribution in [2.24, 2.45) is 5.73 Å². The lowest BCUT2D eigenvalue weighted by Crippen LogP contribution is -2.39. The maximum absolute atomic E-state index is 12.4. The van der Waals surface area contributed by atoms with Crippen molar-refractivity contribution in [3.05, 3.63) is 4.88 Å². The number of nitrogens with zero attached hydrogens (tertiary/aromatic N) is 3. The van der Waals surface area contributed by atoms with Crippen molar-refractivity contribution in [2.75, 3.05) is 50.9 Å². The van der Waals surface area contributed by atoms with E-state index in [1.807, 2.05) is 7.05 Å². The minimum absolute atomic E-state index is 0.0692. The van der Waals surface area contributed by atoms with E-state index in [1.54, 1.807) is 11.9 Å². The zero-order valence-corrected chi connectivity index (χ0v) is 13.4. The largest absolute Gasteiger partial charge is 0.382 e. The lowest BCUT2D eigenvalue weighted by molar-refractivity contribution is 0.0802. The van der Waals surface area contributed by atoms with E-state index in [2.05, 4.69) is 15.2 Å². The summed E-state index contributed by atoms with van der Waals surface area (Å²) >= 11 is 1.37. The zero-order chi connectivity index (χ0) is 15.4. The summed E-state index contributed by atoms with van der Waals surface area (Å²) in [5.41, 5.74) is 11.8. The van der Waals surface area contributed by atoms with E-state index in [0.717, 1.165) is 37.6 Å². The molecule has 0 saturated carbocycles. The Hall–Kier alpha value is -1.38. The Bertz CT molecular complexity index is 483. The molecule has 1 aliphatic heterocycles. The van der Waals surface area contributed by atoms with Gasteiger partial charge < -0.3 is 26.6 Å². The summed E-state index contributed by atoms with van der Waals surface area (Å²) in [4.78, 5) is 21.1. The van der Waals surface area contributed by atoms with Crippen LogP contribution in [0.5, 0.6) is 0 Å². The first-order valence-electron chi connectivity index (χ1n) is 7.19. The van der Waals surface area contributed by atoms with E-state index in [0.29, 0.717) is 17.2 Å². The van der Waals surface area contributed by atoms with Crippen LogP contribution in [0.3, 0.4) is 0 Å². The van der Waals surface area contributed by atoms with Crippen molar-refractivity contribution in [1.29, 1.82) is 0 Å². The van der Waals surface area contributed by atoms with Gasteiger partial charge in [0.1, 0.15) is 10.7 Å². The number of thiazole rings is 1. The van der Waals surface area contributed by atoms with Gasteiger partial charge in [-0.3, -0.25) is 4.79 Å². The number of aromatic nitrogens is 1. The molecule has 1 fully saturated rings. The molecule has 1 aromatic rings. The number of anilines is 2. The minimum atomic E-state index is -0.0692. The van der Waals surface area contributed by atoms with Crippen LogP contribution >= 0.6 is 11.3 Å². The Morgan fingerprint density at radius 1 is 1.52 bits per heavy atom. The monoisotopic (exact) mass is 312 g/mol. The maximum Gasteiger partial charge on any atom is 0.267 e. The fraction of sp³-hybridized carbons (Fsp3) is 0.692. The van der Waals surface area contributed by atoms with Crippen LogP contribution < -0.4 is 21.7 Å². The maximum atomic E-state index is 12.4. The summed E-state index contributed by atoms with van der Waals surface area (Å²) in [6, 6.07) is 0.271. The summed E-state index contributed by atoms with van der Waals surface area (Å²) in [5.74, 6) is 0.256. The number of piperidine rings is 1. The molecule has 1 aromatic heterocycles. The number of hydrogen-bond donors (Lipinski definition) is 3. The van der Waals surface area contributed by atoms with Gasteiger partial charge in [0.15, 0.2) is 5.13 Å². The predicted molar refractivity (Wildman–Crippen MR) is 86.8 cm³/mol. The number of amides is 1. The van der Waals surface area contributed by atoms with Crippen LogP contribution in [0.4, 0.5) is 10.9 Å². The van der Waals surface area contributed by atoms with E-state index in [4.69, 9.17) is 11.5 Å². The van der Waals surface area contributed by atoms with Gasteiger partial charge in [0.25, 0.3) is 5.91 Å². The number of nitrogens with one attached hydrogen (secondary N) is 1. The number of carbonyl (C=O) groups is 1. The average molecular weight is 312 g/mol. The fourth-order valence-electron chi connectivity index (χ4n) is 2.25. The normalized spacial score (nSPS) is 16.2. The Kier molecular flexibility index (Phi) is 5.38. The first-order chi connectivity index (χ1) is 10.0. The van der Waals surface area contributed by atoms with Crippen LogP contribution in [-0.2, 0) is 0 Å². The third-order valence-electron chi connectivity index (χ3n) is 3.69. The molecule has 2 rings (SSSR count). The van der Waals surface area contributed by atoms with Crippen molar-refractivity contribution in [3.8, 4) is 0 Å². The minimum Gasteiger partial charge on any atom is -0.382 e. The van der Waals surface area contributed by atoms with E-state index < -0.39 is 0 Å². The fourth-order valence-corrected chi connectivity index (χ4v) is 3.29. The molecule has 118 valence electrons. The molecule has 0 aromatic carbocycles. The molecular formula is C13H24N6OS. The number of rotatable bonds is 5. The van der Waals surface area contributed by atoms with E-state index in [-0.39, 0.29) is 11.9 Å². The topological polar surface area (TPSA) is 101 Å². The average Bonchev–Trinajstić information content (AvgIpc) is 2.86. The molecule has 1 aliphatic rings. The Balaban J connectivity index is 2.06. The lowest BCUT2D eigenvalue weighted by atomic mass is 10.1. The lowest BCUT2D eigenvalue weighted by Gasteiger charge is -2.29. The van der Waals surface area contributed by atoms with Crippen LogP contribution in [-0.4, -0.2) is 62.1 Å². The molecule has 0 radical (unpaired) electrons. The van der Waals surface area contributed by atoms with Gasteiger partial charge in [-0.05, 0) is 19.9 Å². The van der Waals surface area contributed by atoms with Crippen molar-refractivity contribution in [3.63, 3.8) is 0 Å². The van der Waals surface area contributed by atoms with Gasteiger partial charge in [-0.25, -0.2) is 4.98 Å². The number of hydrogen-bond acceptors (Lipinski definition) is 7. The number of nitrogen functional groups attached to an aromatic ring is 1. The second kappa shape index (κ2) is 7.06. The van der Waals surface area contributed by atoms with Crippen LogP contribution in [0.2, 0.25) is 0 Å². The van der Waals surface area contributed by atoms with Gasteiger partial charge in [0.05, 0.1) is 0 Å². The molecule has 7 nitrogen and oxygen atoms in total. The molecule has 2 heterocycles. The van der Waals surface area contributed by atoms with Gasteiger partial charge in [0.2, 0.25) is 0 Å². The second-order valence-electron chi connectivity index (χ2n) is 5.37. The SMILES string of the molecule is CNCCN(C)C(=O)c1sc(N2CCC(N)CC2)nc1N. The third kappa shape index (κ3) is 3.84. The third-order valence-corrected chi connectivity index (χ3v) is 4.81. The van der Waals surface area contributed by atoms with Crippen molar-refractivity contribution >= 4 is 28.2 Å². The molecule has 0 aliphatic carbocycles. The van der Waals surface area contributed by atoms with Gasteiger partial charge in [0, 0.05) is 39.3 Å². The van der Waals surface area contributed by atoms with Crippen molar-refractivity contribution in [2.45, 2.75) is 18.9 Å². The highest BCUT2D eigenvalue weighted by molar-refractivity contribution is 7.18. The van der Waals surface area contributed by atoms with Crippen LogP contribution in [0.1, 0.15) is 22.5 Å². The smallest absolute Gasteiger partial charge is 0.267 e. The highest BCUT2D eigenvalue weighted by atomic mass is 32.1. The van der Waals surface area contributed by atoms with Crippen LogP contribution in [0.15, 0.2) is 0 Å². The van der Waals surface area contributed by atoms with Crippen molar-refractivity contribution < 1.29 is 4.79 Å². The quantitative estimate of drug-likeness (QED) is 0.704. The molecule has 1 saturated heterocycles. The Labute approximate surface area is 129 Å². The summed E-state index contributed by atoms with van der Waals surface area (Å²) in [5, 5.41) is 3.85. The second-order valence-corrected chi connectivity index (χ2v) is 6.34. The molecule has 8 heteroatoms. The molecule has 0 atom stereocenters. The Morgan fingerprint density at radius 3 is 2.81 bits per heavy atom. The van der Waals surface area contributed by atoms with Gasteiger partial charge in [-0.15, -0.1) is 0 Å². The Morgan fingerprint density at radius 2 is 2.19 bits per heavy atom. The van der Waals surface area contributed by atoms with Gasteiger partial charge >= 0.3 is 0 Å². The molecule has 1 amide bonds. The first-order valence-corrected chi connectivity index (χ1v) is 8.01. The van der Waals surface area contributed by atoms with Crippen LogP contribution in [0.25, 0.3) is 0 Å². The van der Waals surface area contributed by atoms with Crippen molar-refractivity contribution in [1.82, 2.24) is 15.2 Å². The predicted octanol–water partition coefficient (Wildman–Crippen LogP) is -0.0558. The van der Waals surface area contributed by atoms with E-state index in [1.165, 1.54) is 11.3 Å². The molecule has 0 bridgehead atoms. The molecule has 21 heavy (non-hydrogen) atoms. The molecule has 0 spiro atoms. The number of likely N-dealkylation sites (N-methyl/N-ethyl adjacent to an activating group) is 2. The number of nitrogens with two attached hydrogens (primary N) is 2.